The summed E-state index contributed by atoms with van der Waals surface area (Å²) >= 11 is 0. The standard InChI is InChI=1S/C18H32O3/c1-11-6-9-16(19)15-8-7-14(17(11)15)13(3)21-10-12(2)18(4,5)20/h11-15,17,20H,6-10H2,1-5H3/t11-,12+,13?,14?,15?,17?/m1/s1. The maximum atomic E-state index is 12.1. The van der Waals surface area contributed by atoms with Crippen LogP contribution in [0.3, 0.4) is 0 Å². The average Bonchev–Trinajstić information content (AvgIpc) is 2.84. The third kappa shape index (κ3) is 3.68. The highest BCUT2D eigenvalue weighted by Gasteiger charge is 2.47. The van der Waals surface area contributed by atoms with Crippen LogP contribution in [0.2, 0.25) is 0 Å². The molecule has 3 heteroatoms. The summed E-state index contributed by atoms with van der Waals surface area (Å²) in [6, 6.07) is 0. The zero-order valence-electron chi connectivity index (χ0n) is 14.3. The van der Waals surface area contributed by atoms with Gasteiger partial charge in [-0.3, -0.25) is 4.79 Å². The van der Waals surface area contributed by atoms with Crippen molar-refractivity contribution in [3.05, 3.63) is 0 Å². The van der Waals surface area contributed by atoms with E-state index >= 15 is 0 Å². The Balaban J connectivity index is 1.94. The molecule has 0 aromatic carbocycles. The topological polar surface area (TPSA) is 46.5 Å². The number of fused-ring (bicyclic) bond motifs is 1. The molecule has 0 aliphatic heterocycles. The van der Waals surface area contributed by atoms with Gasteiger partial charge in [0.2, 0.25) is 0 Å². The highest BCUT2D eigenvalue weighted by Crippen LogP contribution is 2.48. The number of rotatable bonds is 5. The number of ketones is 1. The van der Waals surface area contributed by atoms with Gasteiger partial charge in [-0.05, 0) is 57.8 Å². The van der Waals surface area contributed by atoms with Crippen molar-refractivity contribution in [2.45, 2.75) is 72.0 Å². The summed E-state index contributed by atoms with van der Waals surface area (Å²) in [7, 11) is 0. The van der Waals surface area contributed by atoms with E-state index in [1.807, 2.05) is 20.8 Å². The van der Waals surface area contributed by atoms with Crippen molar-refractivity contribution < 1.29 is 14.6 Å². The molecular weight excluding hydrogens is 264 g/mol. The van der Waals surface area contributed by atoms with E-state index in [1.165, 1.54) is 0 Å². The molecular formula is C18H32O3. The minimum absolute atomic E-state index is 0.113. The fourth-order valence-electron chi connectivity index (χ4n) is 4.17. The summed E-state index contributed by atoms with van der Waals surface area (Å²) in [4.78, 5) is 12.1. The first-order valence-corrected chi connectivity index (χ1v) is 8.58. The molecule has 0 saturated heterocycles. The highest BCUT2D eigenvalue weighted by molar-refractivity contribution is 5.82. The van der Waals surface area contributed by atoms with Gasteiger partial charge in [0.25, 0.3) is 0 Å². The normalized spacial score (nSPS) is 36.4. The molecule has 1 N–H and O–H groups in total. The molecule has 21 heavy (non-hydrogen) atoms. The molecule has 122 valence electrons. The molecule has 2 aliphatic carbocycles. The Hall–Kier alpha value is -0.410. The van der Waals surface area contributed by atoms with Gasteiger partial charge in [-0.2, -0.15) is 0 Å². The molecule has 0 bridgehead atoms. The zero-order valence-corrected chi connectivity index (χ0v) is 14.3. The minimum atomic E-state index is -0.702. The van der Waals surface area contributed by atoms with Crippen LogP contribution in [0.15, 0.2) is 0 Å². The number of Topliss-reactive ketones (excluding diaryl/α,β-unsaturated/α-hetero) is 1. The molecule has 2 fully saturated rings. The molecule has 0 spiro atoms. The Morgan fingerprint density at radius 2 is 1.95 bits per heavy atom. The van der Waals surface area contributed by atoms with Crippen LogP contribution in [0, 0.1) is 29.6 Å². The van der Waals surface area contributed by atoms with E-state index < -0.39 is 5.60 Å². The Labute approximate surface area is 129 Å². The Bertz CT molecular complexity index is 371. The fourth-order valence-corrected chi connectivity index (χ4v) is 4.17. The van der Waals surface area contributed by atoms with Gasteiger partial charge in [0.15, 0.2) is 0 Å². The van der Waals surface area contributed by atoms with Crippen LogP contribution in [0.5, 0.6) is 0 Å². The van der Waals surface area contributed by atoms with Gasteiger partial charge < -0.3 is 9.84 Å². The van der Waals surface area contributed by atoms with Gasteiger partial charge in [-0.1, -0.05) is 13.8 Å². The first-order chi connectivity index (χ1) is 9.71. The monoisotopic (exact) mass is 296 g/mol. The van der Waals surface area contributed by atoms with Gasteiger partial charge in [-0.15, -0.1) is 0 Å². The third-order valence-corrected chi connectivity index (χ3v) is 6.10. The Morgan fingerprint density at radius 1 is 1.29 bits per heavy atom. The predicted octanol–water partition coefficient (Wildman–Crippen LogP) is 3.44. The first-order valence-electron chi connectivity index (χ1n) is 8.58. The second-order valence-electron chi connectivity index (χ2n) is 8.00. The molecule has 2 rings (SSSR count). The van der Waals surface area contributed by atoms with Crippen LogP contribution >= 0.6 is 0 Å². The average molecular weight is 296 g/mol. The Kier molecular flexibility index (Phi) is 5.15. The molecule has 3 nitrogen and oxygen atoms in total. The van der Waals surface area contributed by atoms with E-state index in [-0.39, 0.29) is 17.9 Å². The summed E-state index contributed by atoms with van der Waals surface area (Å²) in [5, 5.41) is 10.0. The predicted molar refractivity (Wildman–Crippen MR) is 84.0 cm³/mol. The number of hydrogen-bond donors (Lipinski definition) is 1. The number of aliphatic hydroxyl groups is 1. The molecule has 4 unspecified atom stereocenters. The second kappa shape index (κ2) is 6.37. The maximum Gasteiger partial charge on any atom is 0.136 e. The number of carbonyl (C=O) groups is 1. The summed E-state index contributed by atoms with van der Waals surface area (Å²) < 4.78 is 6.08. The van der Waals surface area contributed by atoms with Gasteiger partial charge in [0.1, 0.15) is 5.78 Å². The van der Waals surface area contributed by atoms with Crippen molar-refractivity contribution in [3.63, 3.8) is 0 Å². The smallest absolute Gasteiger partial charge is 0.136 e. The van der Waals surface area contributed by atoms with Crippen molar-refractivity contribution in [1.82, 2.24) is 0 Å². The lowest BCUT2D eigenvalue weighted by atomic mass is 9.70. The van der Waals surface area contributed by atoms with E-state index in [2.05, 4.69) is 13.8 Å². The molecule has 0 aromatic heterocycles. The lowest BCUT2D eigenvalue weighted by Crippen LogP contribution is -2.38. The number of hydrogen-bond acceptors (Lipinski definition) is 3. The van der Waals surface area contributed by atoms with Crippen LogP contribution in [0.1, 0.15) is 60.3 Å². The minimum Gasteiger partial charge on any atom is -0.390 e. The fraction of sp³-hybridized carbons (Fsp3) is 0.944. The van der Waals surface area contributed by atoms with E-state index in [0.717, 1.165) is 25.7 Å². The van der Waals surface area contributed by atoms with E-state index in [0.29, 0.717) is 30.1 Å². The molecule has 0 aromatic rings. The third-order valence-electron chi connectivity index (χ3n) is 6.10. The van der Waals surface area contributed by atoms with Crippen molar-refractivity contribution in [2.24, 2.45) is 29.6 Å². The molecule has 2 aliphatic rings. The van der Waals surface area contributed by atoms with Crippen molar-refractivity contribution in [1.29, 1.82) is 0 Å². The van der Waals surface area contributed by atoms with Gasteiger partial charge >= 0.3 is 0 Å². The number of carbonyl (C=O) groups excluding carboxylic acids is 1. The largest absolute Gasteiger partial charge is 0.390 e. The lowest BCUT2D eigenvalue weighted by molar-refractivity contribution is -0.128. The van der Waals surface area contributed by atoms with E-state index in [1.54, 1.807) is 0 Å². The lowest BCUT2D eigenvalue weighted by Gasteiger charge is -2.37. The molecule has 0 heterocycles. The van der Waals surface area contributed by atoms with Crippen LogP contribution in [-0.2, 0) is 9.53 Å². The summed E-state index contributed by atoms with van der Waals surface area (Å²) in [5.74, 6) is 2.54. The maximum absolute atomic E-state index is 12.1. The SMILES string of the molecule is CC(OC[C@H](C)C(C)(C)O)C1CCC2C(=O)CC[C@@H](C)C21. The van der Waals surface area contributed by atoms with Crippen LogP contribution in [0.25, 0.3) is 0 Å². The van der Waals surface area contributed by atoms with E-state index in [9.17, 15) is 9.90 Å². The second-order valence-corrected chi connectivity index (χ2v) is 8.00. The van der Waals surface area contributed by atoms with E-state index in [4.69, 9.17) is 4.74 Å². The van der Waals surface area contributed by atoms with Gasteiger partial charge in [-0.25, -0.2) is 0 Å². The van der Waals surface area contributed by atoms with Crippen molar-refractivity contribution in [3.8, 4) is 0 Å². The molecule has 6 atom stereocenters. The first kappa shape index (κ1) is 17.0. The molecule has 0 amide bonds. The highest BCUT2D eigenvalue weighted by atomic mass is 16.5. The summed E-state index contributed by atoms with van der Waals surface area (Å²) in [6.07, 6.45) is 4.17. The quantitative estimate of drug-likeness (QED) is 0.845. The number of ether oxygens (including phenoxy) is 1. The Morgan fingerprint density at radius 3 is 2.57 bits per heavy atom. The van der Waals surface area contributed by atoms with Crippen molar-refractivity contribution in [2.75, 3.05) is 6.61 Å². The summed E-state index contributed by atoms with van der Waals surface area (Å²) in [6.45, 7) is 10.7. The molecule has 0 radical (unpaired) electrons. The van der Waals surface area contributed by atoms with Crippen LogP contribution in [0.4, 0.5) is 0 Å². The van der Waals surface area contributed by atoms with Gasteiger partial charge in [0, 0.05) is 18.3 Å². The van der Waals surface area contributed by atoms with Crippen molar-refractivity contribution >= 4 is 5.78 Å². The van der Waals surface area contributed by atoms with Crippen LogP contribution in [-0.4, -0.2) is 29.2 Å². The zero-order chi connectivity index (χ0) is 15.8. The van der Waals surface area contributed by atoms with Crippen LogP contribution < -0.4 is 0 Å². The summed E-state index contributed by atoms with van der Waals surface area (Å²) in [5.41, 5.74) is -0.702. The molecule has 2 saturated carbocycles. The van der Waals surface area contributed by atoms with Gasteiger partial charge in [0.05, 0.1) is 18.3 Å².